The Kier molecular flexibility index (Phi) is 8.86. The first-order valence-electron chi connectivity index (χ1n) is 25.6. The van der Waals surface area contributed by atoms with Crippen LogP contribution in [0.15, 0.2) is 267 Å². The maximum absolute atomic E-state index is 2.54. The van der Waals surface area contributed by atoms with Crippen LogP contribution < -0.4 is 4.90 Å². The molecule has 2 aliphatic carbocycles. The molecule has 0 fully saturated rings. The van der Waals surface area contributed by atoms with E-state index in [0.717, 1.165) is 17.1 Å². The minimum atomic E-state index is -0.465. The molecule has 0 amide bonds. The molecule has 14 aromatic rings. The van der Waals surface area contributed by atoms with Gasteiger partial charge in [0.05, 0.1) is 22.1 Å². The van der Waals surface area contributed by atoms with Crippen LogP contribution in [0.3, 0.4) is 0 Å². The third-order valence-corrected chi connectivity index (χ3v) is 17.4. The Morgan fingerprint density at radius 3 is 1.65 bits per heavy atom. The van der Waals surface area contributed by atoms with Crippen molar-refractivity contribution < 1.29 is 0 Å². The minimum Gasteiger partial charge on any atom is -0.310 e. The van der Waals surface area contributed by atoms with E-state index in [1.54, 1.807) is 0 Å². The number of fused-ring (bicyclic) bond motifs is 18. The Bertz CT molecular complexity index is 4550. The predicted octanol–water partition coefficient (Wildman–Crippen LogP) is 19.5. The Hall–Kier alpha value is -9.28. The zero-order chi connectivity index (χ0) is 48.5. The molecule has 2 aliphatic rings. The average molecular weight is 957 g/mol. The Morgan fingerprint density at radius 1 is 0.338 bits per heavy atom. The van der Waals surface area contributed by atoms with Crippen LogP contribution in [0, 0.1) is 0 Å². The van der Waals surface area contributed by atoms with E-state index >= 15 is 0 Å². The number of rotatable bonds is 6. The first kappa shape index (κ1) is 41.3. The Balaban J connectivity index is 0.942. The van der Waals surface area contributed by atoms with Crippen molar-refractivity contribution in [2.75, 3.05) is 4.90 Å². The van der Waals surface area contributed by atoms with Crippen LogP contribution in [-0.2, 0) is 5.41 Å². The van der Waals surface area contributed by atoms with E-state index in [2.05, 4.69) is 276 Å². The van der Waals surface area contributed by atoms with E-state index in [1.807, 2.05) is 11.3 Å². The fourth-order valence-electron chi connectivity index (χ4n) is 13.1. The van der Waals surface area contributed by atoms with Crippen molar-refractivity contribution in [3.05, 3.63) is 289 Å². The molecule has 0 atom stereocenters. The molecule has 3 heteroatoms. The average Bonchev–Trinajstić information content (AvgIpc) is 4.21. The highest BCUT2D eigenvalue weighted by atomic mass is 32.1. The normalized spacial score (nSPS) is 13.0. The van der Waals surface area contributed by atoms with Crippen molar-refractivity contribution in [2.24, 2.45) is 0 Å². The topological polar surface area (TPSA) is 8.17 Å². The maximum Gasteiger partial charge on any atom is 0.0726 e. The minimum absolute atomic E-state index is 0.465. The molecule has 16 rings (SSSR count). The lowest BCUT2D eigenvalue weighted by Crippen LogP contribution is -2.26. The molecule has 344 valence electrons. The van der Waals surface area contributed by atoms with Crippen LogP contribution in [0.1, 0.15) is 22.3 Å². The molecule has 2 aromatic heterocycles. The summed E-state index contributed by atoms with van der Waals surface area (Å²) in [5, 5.41) is 7.54. The first-order chi connectivity index (χ1) is 36.7. The number of benzene rings is 12. The van der Waals surface area contributed by atoms with Crippen LogP contribution in [-0.4, -0.2) is 4.57 Å². The van der Waals surface area contributed by atoms with Crippen LogP contribution in [0.4, 0.5) is 17.1 Å². The molecular formula is C71H44N2S. The fourth-order valence-corrected chi connectivity index (χ4v) is 14.4. The summed E-state index contributed by atoms with van der Waals surface area (Å²) in [4.78, 5) is 2.48. The van der Waals surface area contributed by atoms with Crippen LogP contribution in [0.5, 0.6) is 0 Å². The summed E-state index contributed by atoms with van der Waals surface area (Å²) in [5.74, 6) is 0. The second-order valence-corrected chi connectivity index (χ2v) is 20.9. The molecule has 0 aliphatic heterocycles. The largest absolute Gasteiger partial charge is 0.310 e. The summed E-state index contributed by atoms with van der Waals surface area (Å²) in [5.41, 5.74) is 21.8. The molecule has 0 bridgehead atoms. The van der Waals surface area contributed by atoms with Crippen molar-refractivity contribution >= 4 is 81.1 Å². The summed E-state index contributed by atoms with van der Waals surface area (Å²) >= 11 is 1.90. The fraction of sp³-hybridized carbons (Fsp3) is 0.0141. The van der Waals surface area contributed by atoms with Crippen molar-refractivity contribution in [3.8, 4) is 50.2 Å². The standard InChI is InChI=1S/C71H44N2S/c1-2-18-45(19-3-1)46-36-38-49(39-37-46)72(51-40-41-56-55-27-8-13-32-63(55)71(64(56)43-51)61-30-11-6-25-53(61)54-26-7-12-31-62(54)71)50-23-16-22-48(42-50)59-44-60-57-28-9-14-33-66(57)73(65-34-17-21-47-20-4-5-24-52(47)65)69(60)68-58-29-10-15-35-67(58)74-70(59)68/h1-44H. The number of hydrogen-bond donors (Lipinski definition) is 0. The van der Waals surface area contributed by atoms with Gasteiger partial charge in [0.25, 0.3) is 0 Å². The summed E-state index contributed by atoms with van der Waals surface area (Å²) in [6.07, 6.45) is 0. The smallest absolute Gasteiger partial charge is 0.0726 e. The number of thiophene rings is 1. The van der Waals surface area contributed by atoms with Gasteiger partial charge in [-0.1, -0.05) is 206 Å². The summed E-state index contributed by atoms with van der Waals surface area (Å²) in [6.45, 7) is 0. The molecule has 2 heterocycles. The maximum atomic E-state index is 2.54. The molecule has 1 spiro atoms. The first-order valence-corrected chi connectivity index (χ1v) is 26.4. The number of nitrogens with zero attached hydrogens (tertiary/aromatic N) is 2. The van der Waals surface area contributed by atoms with Gasteiger partial charge in [-0.15, -0.1) is 11.3 Å². The summed E-state index contributed by atoms with van der Waals surface area (Å²) in [6, 6.07) is 99.6. The number of hydrogen-bond acceptors (Lipinski definition) is 2. The van der Waals surface area contributed by atoms with Crippen LogP contribution >= 0.6 is 11.3 Å². The van der Waals surface area contributed by atoms with E-state index in [4.69, 9.17) is 0 Å². The van der Waals surface area contributed by atoms with Crippen molar-refractivity contribution in [1.29, 1.82) is 0 Å². The van der Waals surface area contributed by atoms with Gasteiger partial charge in [0.1, 0.15) is 0 Å². The molecule has 74 heavy (non-hydrogen) atoms. The number of aromatic nitrogens is 1. The van der Waals surface area contributed by atoms with E-state index in [1.165, 1.54) is 125 Å². The number of para-hydroxylation sites is 1. The Labute approximate surface area is 432 Å². The van der Waals surface area contributed by atoms with Gasteiger partial charge in [0, 0.05) is 59.0 Å². The second-order valence-electron chi connectivity index (χ2n) is 19.9. The summed E-state index contributed by atoms with van der Waals surface area (Å²) < 4.78 is 5.11. The van der Waals surface area contributed by atoms with Gasteiger partial charge in [-0.05, 0) is 127 Å². The molecule has 0 saturated carbocycles. The van der Waals surface area contributed by atoms with Gasteiger partial charge < -0.3 is 9.47 Å². The lowest BCUT2D eigenvalue weighted by Gasteiger charge is -2.32. The zero-order valence-corrected chi connectivity index (χ0v) is 41.0. The van der Waals surface area contributed by atoms with E-state index in [0.29, 0.717) is 0 Å². The van der Waals surface area contributed by atoms with Gasteiger partial charge >= 0.3 is 0 Å². The highest BCUT2D eigenvalue weighted by Crippen LogP contribution is 2.63. The molecule has 12 aromatic carbocycles. The predicted molar refractivity (Wildman–Crippen MR) is 313 cm³/mol. The molecule has 2 nitrogen and oxygen atoms in total. The van der Waals surface area contributed by atoms with Gasteiger partial charge in [-0.3, -0.25) is 0 Å². The highest BCUT2D eigenvalue weighted by Gasteiger charge is 2.51. The SMILES string of the molecule is c1ccc(-c2ccc(N(c3cccc(-c4cc5c6ccccc6n(-c6cccc7ccccc67)c5c5c4sc4ccccc45)c3)c3ccc4c(c3)C3(c5ccccc5-c5ccccc53)c3ccccc3-4)cc2)cc1. The zero-order valence-electron chi connectivity index (χ0n) is 40.2. The van der Waals surface area contributed by atoms with Crippen LogP contribution in [0.2, 0.25) is 0 Å². The van der Waals surface area contributed by atoms with Gasteiger partial charge in [0.15, 0.2) is 0 Å². The van der Waals surface area contributed by atoms with Crippen LogP contribution in [0.25, 0.3) is 103 Å². The lowest BCUT2D eigenvalue weighted by molar-refractivity contribution is 0.793. The molecule has 0 N–H and O–H groups in total. The monoisotopic (exact) mass is 956 g/mol. The Morgan fingerprint density at radius 2 is 0.892 bits per heavy atom. The van der Waals surface area contributed by atoms with Gasteiger partial charge in [-0.2, -0.15) is 0 Å². The van der Waals surface area contributed by atoms with Crippen molar-refractivity contribution in [2.45, 2.75) is 5.41 Å². The third-order valence-electron chi connectivity index (χ3n) is 16.2. The van der Waals surface area contributed by atoms with E-state index < -0.39 is 5.41 Å². The molecule has 0 radical (unpaired) electrons. The van der Waals surface area contributed by atoms with E-state index in [-0.39, 0.29) is 0 Å². The second kappa shape index (κ2) is 15.9. The number of anilines is 3. The summed E-state index contributed by atoms with van der Waals surface area (Å²) in [7, 11) is 0. The molecule has 0 saturated heterocycles. The van der Waals surface area contributed by atoms with Gasteiger partial charge in [-0.25, -0.2) is 0 Å². The van der Waals surface area contributed by atoms with Crippen molar-refractivity contribution in [1.82, 2.24) is 4.57 Å². The molecular weight excluding hydrogens is 913 g/mol. The van der Waals surface area contributed by atoms with Gasteiger partial charge in [0.2, 0.25) is 0 Å². The highest BCUT2D eigenvalue weighted by molar-refractivity contribution is 7.26. The van der Waals surface area contributed by atoms with E-state index in [9.17, 15) is 0 Å². The lowest BCUT2D eigenvalue weighted by atomic mass is 9.70. The third kappa shape index (κ3) is 5.76. The quantitative estimate of drug-likeness (QED) is 0.161. The molecule has 0 unspecified atom stereocenters. The van der Waals surface area contributed by atoms with Crippen molar-refractivity contribution in [3.63, 3.8) is 0 Å².